The topological polar surface area (TPSA) is 44.9 Å². The van der Waals surface area contributed by atoms with Gasteiger partial charge < -0.3 is 27.5 Å². The number of nitrogens with one attached hydrogen (secondary N) is 1. The maximum Gasteiger partial charge on any atom is 0.275 e. The van der Waals surface area contributed by atoms with Gasteiger partial charge in [0.15, 0.2) is 0 Å². The van der Waals surface area contributed by atoms with Crippen LogP contribution in [0.4, 0.5) is 0 Å². The molecule has 1 atom stereocenters. The van der Waals surface area contributed by atoms with E-state index in [9.17, 15) is 0 Å². The highest BCUT2D eigenvalue weighted by atomic mass is 35.5. The number of rotatable bonds is 5. The van der Waals surface area contributed by atoms with Crippen molar-refractivity contribution in [3.05, 3.63) is 24.7 Å². The Kier molecular flexibility index (Phi) is 9.75. The highest BCUT2D eigenvalue weighted by Crippen LogP contribution is 1.73. The van der Waals surface area contributed by atoms with Crippen LogP contribution in [-0.2, 0) is 0 Å². The largest absolute Gasteiger partial charge is 1.00 e. The Bertz CT molecular complexity index is 144. The second-order valence-electron chi connectivity index (χ2n) is 2.36. The van der Waals surface area contributed by atoms with Gasteiger partial charge in [0.05, 0.1) is 19.2 Å². The van der Waals surface area contributed by atoms with E-state index in [1.165, 1.54) is 11.0 Å². The van der Waals surface area contributed by atoms with Gasteiger partial charge in [-0.15, -0.1) is 0 Å². The summed E-state index contributed by atoms with van der Waals surface area (Å²) < 4.78 is 0. The summed E-state index contributed by atoms with van der Waals surface area (Å²) in [5, 5.41) is 16.9. The molecule has 0 radical (unpaired) electrons. The minimum atomic E-state index is -0.597. The molecular weight excluding hydrogens is 178 g/mol. The van der Waals surface area contributed by atoms with Crippen molar-refractivity contribution in [2.75, 3.05) is 19.6 Å². The van der Waals surface area contributed by atoms with E-state index in [2.05, 4.69) is 6.58 Å². The van der Waals surface area contributed by atoms with Crippen LogP contribution in [0.1, 0.15) is 6.92 Å². The van der Waals surface area contributed by atoms with Crippen LogP contribution < -0.4 is 17.3 Å². The first-order valence-electron chi connectivity index (χ1n) is 3.73. The van der Waals surface area contributed by atoms with Crippen LogP contribution in [0.15, 0.2) is 24.7 Å². The molecular formula is C8H16ClNO2. The molecule has 0 saturated heterocycles. The normalized spacial score (nSPS) is 11.1. The fourth-order valence-corrected chi connectivity index (χ4v) is 0.812. The molecule has 0 fully saturated rings. The molecule has 3 N–H and O–H groups in total. The molecule has 0 aromatic carbocycles. The summed E-state index contributed by atoms with van der Waals surface area (Å²) in [6.45, 7) is 8.08. The van der Waals surface area contributed by atoms with Crippen LogP contribution in [0, 0.1) is 0 Å². The van der Waals surface area contributed by atoms with Gasteiger partial charge in [-0.1, -0.05) is 6.58 Å². The average Bonchev–Trinajstić information content (AvgIpc) is 1.97. The molecule has 0 amide bonds. The Morgan fingerprint density at radius 3 is 2.33 bits per heavy atom. The highest BCUT2D eigenvalue weighted by Gasteiger charge is 1.99. The average molecular weight is 194 g/mol. The van der Waals surface area contributed by atoms with E-state index in [1.54, 1.807) is 0 Å². The van der Waals surface area contributed by atoms with E-state index >= 15 is 0 Å². The molecule has 0 saturated carbocycles. The summed E-state index contributed by atoms with van der Waals surface area (Å²) in [4.78, 5) is 1.25. The van der Waals surface area contributed by atoms with Crippen molar-refractivity contribution in [3.8, 4) is 0 Å². The Morgan fingerprint density at radius 2 is 2.00 bits per heavy atom. The smallest absolute Gasteiger partial charge is 0.275 e. The fourth-order valence-electron chi connectivity index (χ4n) is 0.812. The molecule has 0 heterocycles. The third-order valence-corrected chi connectivity index (χ3v) is 1.51. The summed E-state index contributed by atoms with van der Waals surface area (Å²) in [7, 11) is 0. The number of aliphatic hydroxyl groups excluding tert-OH is 1. The first-order chi connectivity index (χ1) is 5.20. The van der Waals surface area contributed by atoms with Gasteiger partial charge >= 0.3 is 0 Å². The van der Waals surface area contributed by atoms with Gasteiger partial charge in [0, 0.05) is 0 Å². The molecule has 0 aromatic rings. The number of aliphatic hydroxyl groups is 2. The first kappa shape index (κ1) is 13.9. The first-order valence-corrected chi connectivity index (χ1v) is 3.73. The van der Waals surface area contributed by atoms with E-state index in [4.69, 9.17) is 10.2 Å². The SMILES string of the molecule is C=CC[NH+](CC)CC=C(O)O.[Cl-]. The van der Waals surface area contributed by atoms with Crippen molar-refractivity contribution in [3.63, 3.8) is 0 Å². The van der Waals surface area contributed by atoms with E-state index in [0.717, 1.165) is 13.1 Å². The van der Waals surface area contributed by atoms with Crippen LogP contribution in [0.2, 0.25) is 0 Å². The maximum absolute atomic E-state index is 8.44. The second kappa shape index (κ2) is 8.43. The van der Waals surface area contributed by atoms with Gasteiger partial charge in [0.2, 0.25) is 0 Å². The van der Waals surface area contributed by atoms with Gasteiger partial charge in [-0.25, -0.2) is 0 Å². The summed E-state index contributed by atoms with van der Waals surface area (Å²) in [6, 6.07) is 0. The van der Waals surface area contributed by atoms with Crippen LogP contribution >= 0.6 is 0 Å². The lowest BCUT2D eigenvalue weighted by atomic mass is 10.4. The molecule has 72 valence electrons. The van der Waals surface area contributed by atoms with Crippen molar-refractivity contribution in [1.29, 1.82) is 0 Å². The van der Waals surface area contributed by atoms with Gasteiger partial charge in [-0.3, -0.25) is 0 Å². The fraction of sp³-hybridized carbons (Fsp3) is 0.500. The number of hydrogen-bond donors (Lipinski definition) is 3. The Morgan fingerprint density at radius 1 is 1.42 bits per heavy atom. The van der Waals surface area contributed by atoms with E-state index < -0.39 is 5.95 Å². The molecule has 0 aromatic heterocycles. The van der Waals surface area contributed by atoms with Crippen molar-refractivity contribution >= 4 is 0 Å². The van der Waals surface area contributed by atoms with E-state index in [-0.39, 0.29) is 12.4 Å². The molecule has 3 nitrogen and oxygen atoms in total. The lowest BCUT2D eigenvalue weighted by molar-refractivity contribution is -0.886. The Labute approximate surface area is 79.4 Å². The monoisotopic (exact) mass is 193 g/mol. The van der Waals surface area contributed by atoms with Gasteiger partial charge in [-0.2, -0.15) is 0 Å². The second-order valence-corrected chi connectivity index (χ2v) is 2.36. The predicted molar refractivity (Wildman–Crippen MR) is 44.8 cm³/mol. The van der Waals surface area contributed by atoms with Gasteiger partial charge in [0.25, 0.3) is 5.95 Å². The molecule has 0 aliphatic rings. The third kappa shape index (κ3) is 7.44. The number of hydrogen-bond acceptors (Lipinski definition) is 2. The Balaban J connectivity index is 0. The summed E-state index contributed by atoms with van der Waals surface area (Å²) in [6.07, 6.45) is 3.21. The minimum absolute atomic E-state index is 0. The quantitative estimate of drug-likeness (QED) is 0.323. The van der Waals surface area contributed by atoms with Crippen molar-refractivity contribution < 1.29 is 27.5 Å². The van der Waals surface area contributed by atoms with Crippen molar-refractivity contribution in [2.45, 2.75) is 6.92 Å². The zero-order chi connectivity index (χ0) is 8.69. The molecule has 0 aliphatic carbocycles. The molecule has 4 heteroatoms. The molecule has 0 aliphatic heterocycles. The van der Waals surface area contributed by atoms with E-state index in [1.807, 2.05) is 13.0 Å². The van der Waals surface area contributed by atoms with Crippen LogP contribution in [0.3, 0.4) is 0 Å². The molecule has 0 rings (SSSR count). The van der Waals surface area contributed by atoms with Crippen LogP contribution in [0.5, 0.6) is 0 Å². The molecule has 0 spiro atoms. The predicted octanol–water partition coefficient (Wildman–Crippen LogP) is -2.96. The lowest BCUT2D eigenvalue weighted by Gasteiger charge is -2.12. The lowest BCUT2D eigenvalue weighted by Crippen LogP contribution is -3.11. The summed E-state index contributed by atoms with van der Waals surface area (Å²) in [5.74, 6) is -0.597. The third-order valence-electron chi connectivity index (χ3n) is 1.51. The van der Waals surface area contributed by atoms with Crippen LogP contribution in [0.25, 0.3) is 0 Å². The zero-order valence-electron chi connectivity index (χ0n) is 7.26. The van der Waals surface area contributed by atoms with Crippen LogP contribution in [-0.4, -0.2) is 29.8 Å². The minimum Gasteiger partial charge on any atom is -1.00 e. The molecule has 12 heavy (non-hydrogen) atoms. The molecule has 0 bridgehead atoms. The van der Waals surface area contributed by atoms with Crippen molar-refractivity contribution in [2.24, 2.45) is 0 Å². The summed E-state index contributed by atoms with van der Waals surface area (Å²) >= 11 is 0. The number of halogens is 1. The molecule has 1 unspecified atom stereocenters. The van der Waals surface area contributed by atoms with Gasteiger partial charge in [0.1, 0.15) is 6.54 Å². The maximum atomic E-state index is 8.44. The van der Waals surface area contributed by atoms with E-state index in [0.29, 0.717) is 6.54 Å². The highest BCUT2D eigenvalue weighted by molar-refractivity contribution is 4.78. The van der Waals surface area contributed by atoms with Gasteiger partial charge in [-0.05, 0) is 13.0 Å². The number of likely N-dealkylation sites (N-methyl/N-ethyl adjacent to an activating group) is 1. The zero-order valence-corrected chi connectivity index (χ0v) is 8.01. The standard InChI is InChI=1S/C8H15NO2.ClH/c1-3-6-9(4-2)7-5-8(10)11;/h3,5,10-11H,1,4,6-7H2,2H3;1H. The number of quaternary nitrogens is 1. The summed E-state index contributed by atoms with van der Waals surface area (Å²) in [5.41, 5.74) is 0. The van der Waals surface area contributed by atoms with Crippen molar-refractivity contribution in [1.82, 2.24) is 0 Å². The Hall–Kier alpha value is -0.670.